The number of aryl methyl sites for hydroxylation is 1. The molecule has 4 rings (SSSR count). The van der Waals surface area contributed by atoms with Gasteiger partial charge in [0, 0.05) is 12.0 Å². The zero-order valence-electron chi connectivity index (χ0n) is 16.7. The van der Waals surface area contributed by atoms with E-state index in [0.717, 1.165) is 11.3 Å². The molecule has 150 valence electrons. The number of hydrogen-bond donors (Lipinski definition) is 1. The Bertz CT molecular complexity index is 977. The molecule has 1 aliphatic carbocycles. The van der Waals surface area contributed by atoms with Crippen LogP contribution in [0.5, 0.6) is 5.75 Å². The van der Waals surface area contributed by atoms with Crippen LogP contribution in [0.15, 0.2) is 52.9 Å². The Balaban J connectivity index is 1.35. The smallest absolute Gasteiger partial charge is 0.247 e. The lowest BCUT2D eigenvalue weighted by Gasteiger charge is -2.16. The molecule has 3 aromatic rings. The van der Waals surface area contributed by atoms with Gasteiger partial charge >= 0.3 is 0 Å². The average Bonchev–Trinajstić information content (AvgIpc) is 3.48. The molecule has 0 saturated heterocycles. The van der Waals surface area contributed by atoms with Crippen molar-refractivity contribution in [1.29, 1.82) is 0 Å². The van der Waals surface area contributed by atoms with E-state index in [9.17, 15) is 4.79 Å². The average molecular weight is 391 g/mol. The molecule has 1 fully saturated rings. The van der Waals surface area contributed by atoms with Crippen molar-refractivity contribution in [3.05, 3.63) is 65.5 Å². The number of aromatic nitrogens is 2. The van der Waals surface area contributed by atoms with Gasteiger partial charge in [-0.05, 0) is 55.4 Å². The van der Waals surface area contributed by atoms with Crippen LogP contribution in [0.1, 0.15) is 42.2 Å². The predicted octanol–water partition coefficient (Wildman–Crippen LogP) is 4.25. The van der Waals surface area contributed by atoms with Crippen LogP contribution >= 0.6 is 0 Å². The molecule has 1 atom stereocenters. The number of amides is 1. The fourth-order valence-corrected chi connectivity index (χ4v) is 3.51. The highest BCUT2D eigenvalue weighted by molar-refractivity contribution is 5.77. The zero-order valence-corrected chi connectivity index (χ0v) is 16.7. The van der Waals surface area contributed by atoms with Crippen LogP contribution in [-0.4, -0.2) is 23.2 Å². The van der Waals surface area contributed by atoms with E-state index in [1.807, 2.05) is 24.3 Å². The maximum Gasteiger partial charge on any atom is 0.247 e. The van der Waals surface area contributed by atoms with Crippen LogP contribution in [0.2, 0.25) is 0 Å². The van der Waals surface area contributed by atoms with Gasteiger partial charge in [0.1, 0.15) is 5.75 Å². The van der Waals surface area contributed by atoms with Crippen LogP contribution in [-0.2, 0) is 11.3 Å². The highest BCUT2D eigenvalue weighted by atomic mass is 16.5. The monoisotopic (exact) mass is 391 g/mol. The first-order chi connectivity index (χ1) is 14.1. The molecular weight excluding hydrogens is 366 g/mol. The second-order valence-corrected chi connectivity index (χ2v) is 7.57. The standard InChI is InChI=1S/C23H25N3O3/c1-15-6-8-16(9-7-15)20(17-10-11-17)13-21(27)24-14-22-25-26-23(29-22)18-4-3-5-19(12-18)28-2/h3-9,12,17,20H,10-11,13-14H2,1-2H3,(H,24,27). The van der Waals surface area contributed by atoms with Crippen molar-refractivity contribution >= 4 is 5.91 Å². The number of hydrogen-bond acceptors (Lipinski definition) is 5. The Morgan fingerprint density at radius 2 is 2.00 bits per heavy atom. The van der Waals surface area contributed by atoms with Crippen LogP contribution in [0.3, 0.4) is 0 Å². The maximum atomic E-state index is 12.5. The topological polar surface area (TPSA) is 77.3 Å². The Morgan fingerprint density at radius 1 is 1.21 bits per heavy atom. The van der Waals surface area contributed by atoms with E-state index in [1.165, 1.54) is 24.0 Å². The number of benzene rings is 2. The summed E-state index contributed by atoms with van der Waals surface area (Å²) in [4.78, 5) is 12.5. The molecule has 1 aromatic heterocycles. The van der Waals surface area contributed by atoms with Gasteiger partial charge in [-0.15, -0.1) is 10.2 Å². The van der Waals surface area contributed by atoms with Gasteiger partial charge in [0.2, 0.25) is 17.7 Å². The first-order valence-electron chi connectivity index (χ1n) is 9.92. The number of nitrogens with one attached hydrogen (secondary N) is 1. The van der Waals surface area contributed by atoms with E-state index < -0.39 is 0 Å². The highest BCUT2D eigenvalue weighted by Crippen LogP contribution is 2.44. The summed E-state index contributed by atoms with van der Waals surface area (Å²) in [6, 6.07) is 15.9. The van der Waals surface area contributed by atoms with E-state index in [1.54, 1.807) is 7.11 Å². The van der Waals surface area contributed by atoms with Gasteiger partial charge in [-0.25, -0.2) is 0 Å². The number of carbonyl (C=O) groups is 1. The first kappa shape index (κ1) is 19.2. The molecule has 1 amide bonds. The number of ether oxygens (including phenoxy) is 1. The number of methoxy groups -OCH3 is 1. The van der Waals surface area contributed by atoms with Crippen molar-refractivity contribution < 1.29 is 13.9 Å². The van der Waals surface area contributed by atoms with Crippen molar-refractivity contribution in [2.24, 2.45) is 5.92 Å². The molecule has 1 saturated carbocycles. The van der Waals surface area contributed by atoms with Crippen LogP contribution in [0.25, 0.3) is 11.5 Å². The molecule has 2 aromatic carbocycles. The summed E-state index contributed by atoms with van der Waals surface area (Å²) in [6.07, 6.45) is 2.86. The quantitative estimate of drug-likeness (QED) is 0.621. The van der Waals surface area contributed by atoms with Crippen molar-refractivity contribution in [1.82, 2.24) is 15.5 Å². The molecule has 1 unspecified atom stereocenters. The van der Waals surface area contributed by atoms with Gasteiger partial charge in [0.05, 0.1) is 13.7 Å². The van der Waals surface area contributed by atoms with Crippen molar-refractivity contribution in [3.63, 3.8) is 0 Å². The second-order valence-electron chi connectivity index (χ2n) is 7.57. The van der Waals surface area contributed by atoms with Crippen LogP contribution in [0.4, 0.5) is 0 Å². The van der Waals surface area contributed by atoms with E-state index >= 15 is 0 Å². The summed E-state index contributed by atoms with van der Waals surface area (Å²) in [7, 11) is 1.61. The minimum Gasteiger partial charge on any atom is -0.497 e. The largest absolute Gasteiger partial charge is 0.497 e. The highest BCUT2D eigenvalue weighted by Gasteiger charge is 2.33. The normalized spacial score (nSPS) is 14.4. The number of nitrogens with zero attached hydrogens (tertiary/aromatic N) is 2. The molecule has 0 radical (unpaired) electrons. The SMILES string of the molecule is COc1cccc(-c2nnc(CNC(=O)CC(c3ccc(C)cc3)C3CC3)o2)c1. The van der Waals surface area contributed by atoms with Gasteiger partial charge in [-0.1, -0.05) is 35.9 Å². The number of rotatable bonds is 8. The Morgan fingerprint density at radius 3 is 2.72 bits per heavy atom. The molecule has 29 heavy (non-hydrogen) atoms. The van der Waals surface area contributed by atoms with E-state index in [4.69, 9.17) is 9.15 Å². The molecule has 1 heterocycles. The molecule has 0 aliphatic heterocycles. The molecule has 6 nitrogen and oxygen atoms in total. The maximum absolute atomic E-state index is 12.5. The molecule has 0 bridgehead atoms. The second kappa shape index (κ2) is 8.47. The Labute approximate surface area is 170 Å². The van der Waals surface area contributed by atoms with Gasteiger partial charge < -0.3 is 14.5 Å². The summed E-state index contributed by atoms with van der Waals surface area (Å²) in [6.45, 7) is 2.30. The lowest BCUT2D eigenvalue weighted by Crippen LogP contribution is -2.25. The summed E-state index contributed by atoms with van der Waals surface area (Å²) in [5, 5.41) is 11.0. The fraction of sp³-hybridized carbons (Fsp3) is 0.348. The fourth-order valence-electron chi connectivity index (χ4n) is 3.51. The minimum absolute atomic E-state index is 0.00334. The summed E-state index contributed by atoms with van der Waals surface area (Å²) in [5.41, 5.74) is 3.25. The Hall–Kier alpha value is -3.15. The van der Waals surface area contributed by atoms with Crippen molar-refractivity contribution in [2.75, 3.05) is 7.11 Å². The Kier molecular flexibility index (Phi) is 5.60. The van der Waals surface area contributed by atoms with Crippen molar-refractivity contribution in [2.45, 2.75) is 38.6 Å². The molecule has 0 spiro atoms. The van der Waals surface area contributed by atoms with Gasteiger partial charge in [0.25, 0.3) is 0 Å². The summed E-state index contributed by atoms with van der Waals surface area (Å²) < 4.78 is 10.9. The molecule has 1 aliphatic rings. The van der Waals surface area contributed by atoms with Crippen LogP contribution in [0, 0.1) is 12.8 Å². The van der Waals surface area contributed by atoms with E-state index in [2.05, 4.69) is 46.7 Å². The zero-order chi connectivity index (χ0) is 20.2. The van der Waals surface area contributed by atoms with Gasteiger partial charge in [-0.3, -0.25) is 4.79 Å². The van der Waals surface area contributed by atoms with Crippen LogP contribution < -0.4 is 10.1 Å². The third-order valence-corrected chi connectivity index (χ3v) is 5.32. The number of carbonyl (C=O) groups excluding carboxylic acids is 1. The third-order valence-electron chi connectivity index (χ3n) is 5.32. The lowest BCUT2D eigenvalue weighted by molar-refractivity contribution is -0.121. The summed E-state index contributed by atoms with van der Waals surface area (Å²) >= 11 is 0. The first-order valence-corrected chi connectivity index (χ1v) is 9.92. The van der Waals surface area contributed by atoms with E-state index in [0.29, 0.717) is 24.1 Å². The minimum atomic E-state index is 0.00334. The molecule has 6 heteroatoms. The van der Waals surface area contributed by atoms with E-state index in [-0.39, 0.29) is 18.4 Å². The van der Waals surface area contributed by atoms with Crippen molar-refractivity contribution in [3.8, 4) is 17.2 Å². The molecule has 1 N–H and O–H groups in total. The van der Waals surface area contributed by atoms with Gasteiger partial charge in [0.15, 0.2) is 0 Å². The lowest BCUT2D eigenvalue weighted by atomic mass is 9.90. The summed E-state index contributed by atoms with van der Waals surface area (Å²) in [5.74, 6) is 2.39. The molecular formula is C23H25N3O3. The van der Waals surface area contributed by atoms with Gasteiger partial charge in [-0.2, -0.15) is 0 Å². The third kappa shape index (κ3) is 4.83. The predicted molar refractivity (Wildman–Crippen MR) is 109 cm³/mol.